The van der Waals surface area contributed by atoms with Gasteiger partial charge in [-0.15, -0.1) is 0 Å². The van der Waals surface area contributed by atoms with E-state index in [2.05, 4.69) is 10.0 Å². The van der Waals surface area contributed by atoms with Crippen molar-refractivity contribution < 1.29 is 9.53 Å². The molecule has 1 aliphatic heterocycles. The van der Waals surface area contributed by atoms with Gasteiger partial charge in [0.2, 0.25) is 0 Å². The van der Waals surface area contributed by atoms with Gasteiger partial charge in [0.1, 0.15) is 5.60 Å². The van der Waals surface area contributed by atoms with Gasteiger partial charge in [-0.3, -0.25) is 0 Å². The summed E-state index contributed by atoms with van der Waals surface area (Å²) in [5, 5.41) is 3.72. The Kier molecular flexibility index (Phi) is 3.15. The van der Waals surface area contributed by atoms with Crippen molar-refractivity contribution >= 4 is 6.09 Å². The minimum atomic E-state index is -0.444. The maximum Gasteiger partial charge on any atom is 0.410 e. The van der Waals surface area contributed by atoms with E-state index in [4.69, 9.17) is 10.3 Å². The van der Waals surface area contributed by atoms with Gasteiger partial charge in [0, 0.05) is 24.0 Å². The molecule has 18 heavy (non-hydrogen) atoms. The SMILES string of the molecule is CC(C)(C)OC(=O)N1CCC2(CC(N=[N+]=[N-])C2)C1. The van der Waals surface area contributed by atoms with E-state index in [9.17, 15) is 4.79 Å². The van der Waals surface area contributed by atoms with Crippen LogP contribution in [0.15, 0.2) is 5.11 Å². The van der Waals surface area contributed by atoms with E-state index >= 15 is 0 Å². The molecule has 0 bridgehead atoms. The van der Waals surface area contributed by atoms with Crippen molar-refractivity contribution in [2.45, 2.75) is 51.7 Å². The van der Waals surface area contributed by atoms with Gasteiger partial charge in [-0.2, -0.15) is 0 Å². The van der Waals surface area contributed by atoms with E-state index in [0.29, 0.717) is 0 Å². The lowest BCUT2D eigenvalue weighted by molar-refractivity contribution is 0.0232. The number of ether oxygens (including phenoxy) is 1. The number of azide groups is 1. The minimum absolute atomic E-state index is 0.119. The summed E-state index contributed by atoms with van der Waals surface area (Å²) in [6.45, 7) is 7.10. The first-order chi connectivity index (χ1) is 8.34. The largest absolute Gasteiger partial charge is 0.444 e. The molecule has 0 aromatic carbocycles. The van der Waals surface area contributed by atoms with E-state index in [1.165, 1.54) is 0 Å². The Bertz CT molecular complexity index is 389. The molecule has 1 spiro atoms. The van der Waals surface area contributed by atoms with Gasteiger partial charge in [0.25, 0.3) is 0 Å². The van der Waals surface area contributed by atoms with Gasteiger partial charge in [0.05, 0.1) is 0 Å². The third-order valence-corrected chi connectivity index (χ3v) is 3.64. The summed E-state index contributed by atoms with van der Waals surface area (Å²) in [6, 6.07) is 0.119. The molecule has 1 saturated heterocycles. The predicted molar refractivity (Wildman–Crippen MR) is 67.0 cm³/mol. The average Bonchev–Trinajstić information content (AvgIpc) is 2.59. The lowest BCUT2D eigenvalue weighted by Gasteiger charge is -2.42. The van der Waals surface area contributed by atoms with Crippen LogP contribution in [0.2, 0.25) is 0 Å². The Labute approximate surface area is 107 Å². The van der Waals surface area contributed by atoms with E-state index in [-0.39, 0.29) is 17.6 Å². The molecule has 0 atom stereocenters. The van der Waals surface area contributed by atoms with Gasteiger partial charge < -0.3 is 9.64 Å². The Morgan fingerprint density at radius 1 is 1.50 bits per heavy atom. The van der Waals surface area contributed by atoms with Crippen LogP contribution in [-0.4, -0.2) is 35.7 Å². The van der Waals surface area contributed by atoms with E-state index < -0.39 is 5.60 Å². The fraction of sp³-hybridized carbons (Fsp3) is 0.917. The summed E-state index contributed by atoms with van der Waals surface area (Å²) in [5.41, 5.74) is 8.11. The fourth-order valence-corrected chi connectivity index (χ4v) is 2.85. The molecular weight excluding hydrogens is 232 g/mol. The topological polar surface area (TPSA) is 78.3 Å². The Balaban J connectivity index is 1.86. The number of carbonyl (C=O) groups is 1. The van der Waals surface area contributed by atoms with Crippen molar-refractivity contribution in [2.75, 3.05) is 13.1 Å². The van der Waals surface area contributed by atoms with Gasteiger partial charge in [-0.1, -0.05) is 5.11 Å². The van der Waals surface area contributed by atoms with E-state index in [0.717, 1.165) is 32.4 Å². The molecule has 0 aromatic rings. The Morgan fingerprint density at radius 3 is 2.72 bits per heavy atom. The van der Waals surface area contributed by atoms with Crippen LogP contribution in [0.25, 0.3) is 10.4 Å². The molecule has 2 aliphatic rings. The summed E-state index contributed by atoms with van der Waals surface area (Å²) in [6.07, 6.45) is 2.56. The van der Waals surface area contributed by atoms with Gasteiger partial charge in [-0.25, -0.2) is 4.79 Å². The number of hydrogen-bond acceptors (Lipinski definition) is 3. The van der Waals surface area contributed by atoms with E-state index in [1.54, 1.807) is 4.90 Å². The number of nitrogens with zero attached hydrogens (tertiary/aromatic N) is 4. The molecule has 6 heteroatoms. The summed E-state index contributed by atoms with van der Waals surface area (Å²) in [5.74, 6) is 0. The third kappa shape index (κ3) is 2.70. The second-order valence-corrected chi connectivity index (χ2v) is 6.42. The highest BCUT2D eigenvalue weighted by Crippen LogP contribution is 2.49. The number of rotatable bonds is 1. The first-order valence-corrected chi connectivity index (χ1v) is 6.36. The summed E-state index contributed by atoms with van der Waals surface area (Å²) >= 11 is 0. The molecule has 1 saturated carbocycles. The number of hydrogen-bond donors (Lipinski definition) is 0. The quantitative estimate of drug-likeness (QED) is 0.408. The number of likely N-dealkylation sites (tertiary alicyclic amines) is 1. The zero-order valence-corrected chi connectivity index (χ0v) is 11.2. The summed E-state index contributed by atoms with van der Waals surface area (Å²) < 4.78 is 5.36. The van der Waals surface area contributed by atoms with Crippen LogP contribution >= 0.6 is 0 Å². The number of carbonyl (C=O) groups excluding carboxylic acids is 1. The van der Waals surface area contributed by atoms with Gasteiger partial charge in [0.15, 0.2) is 0 Å². The summed E-state index contributed by atoms with van der Waals surface area (Å²) in [4.78, 5) is 16.5. The lowest BCUT2D eigenvalue weighted by atomic mass is 9.65. The lowest BCUT2D eigenvalue weighted by Crippen LogP contribution is -2.43. The molecule has 2 fully saturated rings. The van der Waals surface area contributed by atoms with Crippen molar-refractivity contribution in [3.05, 3.63) is 10.4 Å². The molecule has 0 aromatic heterocycles. The standard InChI is InChI=1S/C12H20N4O2/c1-11(2,3)18-10(17)16-5-4-12(8-16)6-9(7-12)14-15-13/h9H,4-8H2,1-3H3. The molecule has 2 rings (SSSR count). The molecule has 0 radical (unpaired) electrons. The Hall–Kier alpha value is -1.42. The maximum absolute atomic E-state index is 11.9. The molecular formula is C12H20N4O2. The highest BCUT2D eigenvalue weighted by atomic mass is 16.6. The zero-order chi connectivity index (χ0) is 13.4. The van der Waals surface area contributed by atoms with Crippen molar-refractivity contribution in [3.63, 3.8) is 0 Å². The normalized spacial score (nSPS) is 30.8. The van der Waals surface area contributed by atoms with Crippen LogP contribution in [0.1, 0.15) is 40.0 Å². The second-order valence-electron chi connectivity index (χ2n) is 6.42. The van der Waals surface area contributed by atoms with Gasteiger partial charge in [-0.05, 0) is 51.0 Å². The maximum atomic E-state index is 11.9. The zero-order valence-electron chi connectivity index (χ0n) is 11.2. The smallest absolute Gasteiger partial charge is 0.410 e. The van der Waals surface area contributed by atoms with Crippen LogP contribution in [0.5, 0.6) is 0 Å². The predicted octanol–water partition coefficient (Wildman–Crippen LogP) is 3.09. The molecule has 0 unspecified atom stereocenters. The first-order valence-electron chi connectivity index (χ1n) is 6.36. The van der Waals surface area contributed by atoms with Crippen molar-refractivity contribution in [1.82, 2.24) is 4.90 Å². The van der Waals surface area contributed by atoms with Crippen LogP contribution < -0.4 is 0 Å². The molecule has 1 heterocycles. The summed E-state index contributed by atoms with van der Waals surface area (Å²) in [7, 11) is 0. The van der Waals surface area contributed by atoms with Gasteiger partial charge >= 0.3 is 6.09 Å². The average molecular weight is 252 g/mol. The highest BCUT2D eigenvalue weighted by Gasteiger charge is 2.49. The molecule has 100 valence electrons. The van der Waals surface area contributed by atoms with Crippen molar-refractivity contribution in [2.24, 2.45) is 10.5 Å². The van der Waals surface area contributed by atoms with Crippen molar-refractivity contribution in [1.29, 1.82) is 0 Å². The Morgan fingerprint density at radius 2 is 2.17 bits per heavy atom. The van der Waals surface area contributed by atoms with Crippen LogP contribution in [0, 0.1) is 5.41 Å². The van der Waals surface area contributed by atoms with Crippen LogP contribution in [0.4, 0.5) is 4.79 Å². The molecule has 0 N–H and O–H groups in total. The van der Waals surface area contributed by atoms with Crippen LogP contribution in [-0.2, 0) is 4.74 Å². The minimum Gasteiger partial charge on any atom is -0.444 e. The second kappa shape index (κ2) is 4.35. The number of amides is 1. The van der Waals surface area contributed by atoms with Crippen molar-refractivity contribution in [3.8, 4) is 0 Å². The van der Waals surface area contributed by atoms with Crippen LogP contribution in [0.3, 0.4) is 0 Å². The highest BCUT2D eigenvalue weighted by molar-refractivity contribution is 5.68. The molecule has 6 nitrogen and oxygen atoms in total. The third-order valence-electron chi connectivity index (χ3n) is 3.64. The fourth-order valence-electron chi connectivity index (χ4n) is 2.85. The molecule has 1 amide bonds. The first kappa shape index (κ1) is 13.0. The monoisotopic (exact) mass is 252 g/mol. The molecule has 1 aliphatic carbocycles. The van der Waals surface area contributed by atoms with E-state index in [1.807, 2.05) is 20.8 Å².